The van der Waals surface area contributed by atoms with Crippen LogP contribution in [0.25, 0.3) is 0 Å². The van der Waals surface area contributed by atoms with Gasteiger partial charge in [0, 0.05) is 18.3 Å². The fraction of sp³-hybridized carbons (Fsp3) is 0.381. The number of carbonyl (C=O) groups is 1. The highest BCUT2D eigenvalue weighted by molar-refractivity contribution is 5.95. The van der Waals surface area contributed by atoms with Crippen LogP contribution in [0.15, 0.2) is 54.6 Å². The van der Waals surface area contributed by atoms with E-state index in [9.17, 15) is 9.18 Å². The summed E-state index contributed by atoms with van der Waals surface area (Å²) in [5.74, 6) is 0.0200. The Morgan fingerprint density at radius 1 is 1.04 bits per heavy atom. The molecule has 26 heavy (non-hydrogen) atoms. The minimum absolute atomic E-state index is 0.0739. The zero-order chi connectivity index (χ0) is 18.5. The molecule has 2 N–H and O–H groups in total. The zero-order valence-electron chi connectivity index (χ0n) is 15.5. The molecule has 3 rings (SSSR count). The maximum absolute atomic E-state index is 13.8. The zero-order valence-corrected chi connectivity index (χ0v) is 15.5. The number of rotatable bonds is 5. The third-order valence-electron chi connectivity index (χ3n) is 5.45. The van der Waals surface area contributed by atoms with Gasteiger partial charge < -0.3 is 14.7 Å². The number of piperazine rings is 1. The van der Waals surface area contributed by atoms with E-state index in [1.54, 1.807) is 11.0 Å². The predicted octanol–water partition coefficient (Wildman–Crippen LogP) is 0.161. The molecule has 0 bridgehead atoms. The van der Waals surface area contributed by atoms with Crippen molar-refractivity contribution in [2.45, 2.75) is 19.5 Å². The molecule has 0 spiro atoms. The SMILES string of the molecule is C[C@H](C(=O)N(C)c1ccccc1)[NH+]1CC[NH+](Cc2ccccc2F)CC1. The van der Waals surface area contributed by atoms with Crippen LogP contribution in [0.5, 0.6) is 0 Å². The van der Waals surface area contributed by atoms with Gasteiger partial charge in [0.2, 0.25) is 0 Å². The number of amides is 1. The first-order chi connectivity index (χ1) is 12.6. The number of likely N-dealkylation sites (N-methyl/N-ethyl adjacent to an activating group) is 1. The van der Waals surface area contributed by atoms with E-state index < -0.39 is 0 Å². The molecule has 1 aliphatic rings. The van der Waals surface area contributed by atoms with Gasteiger partial charge in [-0.25, -0.2) is 4.39 Å². The number of hydrogen-bond acceptors (Lipinski definition) is 1. The van der Waals surface area contributed by atoms with Gasteiger partial charge in [0.25, 0.3) is 5.91 Å². The smallest absolute Gasteiger partial charge is 0.284 e. The van der Waals surface area contributed by atoms with Gasteiger partial charge in [0.1, 0.15) is 38.5 Å². The fourth-order valence-electron chi connectivity index (χ4n) is 3.69. The summed E-state index contributed by atoms with van der Waals surface area (Å²) >= 11 is 0. The van der Waals surface area contributed by atoms with Crippen LogP contribution >= 0.6 is 0 Å². The summed E-state index contributed by atoms with van der Waals surface area (Å²) in [4.78, 5) is 17.3. The molecule has 1 saturated heterocycles. The summed E-state index contributed by atoms with van der Waals surface area (Å²) < 4.78 is 13.8. The summed E-state index contributed by atoms with van der Waals surface area (Å²) in [5, 5.41) is 0. The Kier molecular flexibility index (Phi) is 6.01. The van der Waals surface area contributed by atoms with Crippen molar-refractivity contribution in [1.82, 2.24) is 0 Å². The number of nitrogens with zero attached hydrogens (tertiary/aromatic N) is 1. The van der Waals surface area contributed by atoms with E-state index in [0.717, 1.165) is 37.4 Å². The molecular formula is C21H28FN3O+2. The van der Waals surface area contributed by atoms with Gasteiger partial charge in [0.05, 0.1) is 0 Å². The second-order valence-electron chi connectivity index (χ2n) is 7.13. The molecule has 4 nitrogen and oxygen atoms in total. The number of anilines is 1. The number of nitrogens with one attached hydrogen (secondary N) is 2. The molecule has 2 aromatic rings. The first-order valence-corrected chi connectivity index (χ1v) is 9.30. The lowest BCUT2D eigenvalue weighted by Gasteiger charge is -2.34. The van der Waals surface area contributed by atoms with E-state index in [2.05, 4.69) is 0 Å². The lowest BCUT2D eigenvalue weighted by Crippen LogP contribution is -3.29. The van der Waals surface area contributed by atoms with Crippen LogP contribution in [-0.4, -0.2) is 45.2 Å². The maximum atomic E-state index is 13.8. The maximum Gasteiger partial charge on any atom is 0.284 e. The normalized spacial score (nSPS) is 21.2. The number of para-hydroxylation sites is 1. The summed E-state index contributed by atoms with van der Waals surface area (Å²) in [6.07, 6.45) is 0. The van der Waals surface area contributed by atoms with Crippen molar-refractivity contribution in [1.29, 1.82) is 0 Å². The van der Waals surface area contributed by atoms with Crippen molar-refractivity contribution < 1.29 is 19.0 Å². The molecule has 138 valence electrons. The van der Waals surface area contributed by atoms with Crippen molar-refractivity contribution in [2.75, 3.05) is 38.1 Å². The molecule has 1 amide bonds. The Labute approximate surface area is 154 Å². The first kappa shape index (κ1) is 18.5. The van der Waals surface area contributed by atoms with Gasteiger partial charge in [-0.2, -0.15) is 0 Å². The Bertz CT molecular complexity index is 729. The number of quaternary nitrogens is 2. The van der Waals surface area contributed by atoms with Crippen LogP contribution < -0.4 is 14.7 Å². The number of halogens is 1. The van der Waals surface area contributed by atoms with E-state index in [0.29, 0.717) is 6.54 Å². The topological polar surface area (TPSA) is 29.2 Å². The molecule has 0 saturated carbocycles. The molecule has 1 heterocycles. The van der Waals surface area contributed by atoms with Crippen molar-refractivity contribution in [3.8, 4) is 0 Å². The summed E-state index contributed by atoms with van der Waals surface area (Å²) in [5.41, 5.74) is 1.70. The van der Waals surface area contributed by atoms with Crippen LogP contribution in [-0.2, 0) is 11.3 Å². The van der Waals surface area contributed by atoms with Crippen molar-refractivity contribution in [3.63, 3.8) is 0 Å². The monoisotopic (exact) mass is 357 g/mol. The van der Waals surface area contributed by atoms with Crippen LogP contribution in [0.1, 0.15) is 12.5 Å². The van der Waals surface area contributed by atoms with Crippen molar-refractivity contribution in [2.24, 2.45) is 0 Å². The van der Waals surface area contributed by atoms with Crippen LogP contribution in [0.2, 0.25) is 0 Å². The fourth-order valence-corrected chi connectivity index (χ4v) is 3.69. The van der Waals surface area contributed by atoms with Crippen LogP contribution in [0, 0.1) is 5.82 Å². The Balaban J connectivity index is 1.54. The third kappa shape index (κ3) is 4.29. The van der Waals surface area contributed by atoms with E-state index in [4.69, 9.17) is 0 Å². The molecule has 1 fully saturated rings. The molecule has 1 aliphatic heterocycles. The van der Waals surface area contributed by atoms with Gasteiger partial charge in [-0.15, -0.1) is 0 Å². The molecule has 0 radical (unpaired) electrons. The molecule has 0 aliphatic carbocycles. The molecule has 2 aromatic carbocycles. The molecule has 0 aromatic heterocycles. The summed E-state index contributed by atoms with van der Waals surface area (Å²) in [6.45, 7) is 6.50. The number of benzene rings is 2. The van der Waals surface area contributed by atoms with Gasteiger partial charge >= 0.3 is 0 Å². The molecular weight excluding hydrogens is 329 g/mol. The minimum atomic E-state index is -0.122. The predicted molar refractivity (Wildman–Crippen MR) is 101 cm³/mol. The van der Waals surface area contributed by atoms with Gasteiger partial charge in [-0.1, -0.05) is 36.4 Å². The number of carbonyl (C=O) groups excluding carboxylic acids is 1. The standard InChI is InChI=1S/C21H26FN3O/c1-17(21(26)23(2)19-9-4-3-5-10-19)25-14-12-24(13-15-25)16-18-8-6-7-11-20(18)22/h3-11,17H,12-16H2,1-2H3/p+2/t17-/m1/s1. The van der Waals surface area contributed by atoms with Crippen molar-refractivity contribution in [3.05, 3.63) is 66.0 Å². The molecule has 0 unspecified atom stereocenters. The van der Waals surface area contributed by atoms with Crippen LogP contribution in [0.3, 0.4) is 0 Å². The highest BCUT2D eigenvalue weighted by Crippen LogP contribution is 2.11. The van der Waals surface area contributed by atoms with E-state index in [-0.39, 0.29) is 17.8 Å². The van der Waals surface area contributed by atoms with E-state index >= 15 is 0 Å². The summed E-state index contributed by atoms with van der Waals surface area (Å²) in [6, 6.07) is 16.7. The Morgan fingerprint density at radius 3 is 2.31 bits per heavy atom. The highest BCUT2D eigenvalue weighted by Gasteiger charge is 2.33. The minimum Gasteiger partial charge on any atom is -0.322 e. The average molecular weight is 357 g/mol. The van der Waals surface area contributed by atoms with Gasteiger partial charge in [-0.3, -0.25) is 4.79 Å². The lowest BCUT2D eigenvalue weighted by molar-refractivity contribution is -1.02. The second-order valence-corrected chi connectivity index (χ2v) is 7.13. The second kappa shape index (κ2) is 8.43. The van der Waals surface area contributed by atoms with Gasteiger partial charge in [0.15, 0.2) is 6.04 Å². The average Bonchev–Trinajstić information content (AvgIpc) is 2.69. The highest BCUT2D eigenvalue weighted by atomic mass is 19.1. The molecule has 5 heteroatoms. The van der Waals surface area contributed by atoms with Gasteiger partial charge in [-0.05, 0) is 25.1 Å². The third-order valence-corrected chi connectivity index (χ3v) is 5.45. The first-order valence-electron chi connectivity index (χ1n) is 9.30. The van der Waals surface area contributed by atoms with Crippen LogP contribution in [0.4, 0.5) is 10.1 Å². The van der Waals surface area contributed by atoms with Crippen molar-refractivity contribution >= 4 is 11.6 Å². The Hall–Kier alpha value is -2.24. The van der Waals surface area contributed by atoms with E-state index in [1.165, 1.54) is 15.9 Å². The molecule has 1 atom stereocenters. The number of hydrogen-bond donors (Lipinski definition) is 2. The Morgan fingerprint density at radius 2 is 1.65 bits per heavy atom. The lowest BCUT2D eigenvalue weighted by atomic mass is 10.1. The summed E-state index contributed by atoms with van der Waals surface area (Å²) in [7, 11) is 1.84. The van der Waals surface area contributed by atoms with E-state index in [1.807, 2.05) is 56.4 Å². The largest absolute Gasteiger partial charge is 0.322 e. The quantitative estimate of drug-likeness (QED) is 0.784.